The van der Waals surface area contributed by atoms with Gasteiger partial charge in [0.25, 0.3) is 0 Å². The van der Waals surface area contributed by atoms with E-state index < -0.39 is 103 Å². The fourth-order valence-corrected chi connectivity index (χ4v) is 3.10. The van der Waals surface area contributed by atoms with E-state index in [1.165, 1.54) is 0 Å². The van der Waals surface area contributed by atoms with Gasteiger partial charge in [0, 0.05) is 13.3 Å². The van der Waals surface area contributed by atoms with Gasteiger partial charge in [-0.1, -0.05) is 13.8 Å². The number of aliphatic hydroxyl groups is 1. The van der Waals surface area contributed by atoms with E-state index in [-0.39, 0.29) is 0 Å². The third-order valence-corrected chi connectivity index (χ3v) is 5.04. The Kier molecular flexibility index (Phi) is 14.1. The number of aliphatic hydroxyl groups excluding tert-OH is 1. The van der Waals surface area contributed by atoms with Gasteiger partial charge in [0.1, 0.15) is 23.6 Å². The normalized spacial score (nSPS) is 14.9. The molecule has 0 bridgehead atoms. The number of amides is 4. The second kappa shape index (κ2) is 15.6. The van der Waals surface area contributed by atoms with E-state index >= 15 is 0 Å². The van der Waals surface area contributed by atoms with E-state index in [1.807, 2.05) is 0 Å². The molecule has 0 radical (unpaired) electrons. The summed E-state index contributed by atoms with van der Waals surface area (Å²) in [6, 6.07) is -5.68. The molecule has 0 saturated carbocycles. The van der Waals surface area contributed by atoms with Crippen molar-refractivity contribution < 1.29 is 54.0 Å². The standard InChI is InChI=1S/C20H32N4O11S/c1-8(2)16(19(34)23-12(20(35)36)7-15(30)31)24-17(32)10(4-5-13(26)27)22-18(33)11(6-14(28)29)21-9(3)25/h8,10-12,16,20,35-36H,4-7H2,1-3H3,(H,21,25)(H,22,33)(H,23,34)(H,24,32)(H,26,27)(H,28,29)(H,30,31)/t10-,11-,12-,16-,20-/m0/s1. The van der Waals surface area contributed by atoms with E-state index in [4.69, 9.17) is 15.3 Å². The summed E-state index contributed by atoms with van der Waals surface area (Å²) in [5, 5.41) is 45.5. The van der Waals surface area contributed by atoms with Crippen molar-refractivity contribution >= 4 is 54.2 Å². The molecule has 0 aromatic carbocycles. The predicted molar refractivity (Wildman–Crippen MR) is 125 cm³/mol. The molecule has 0 aliphatic rings. The summed E-state index contributed by atoms with van der Waals surface area (Å²) < 4.78 is 0. The quantitative estimate of drug-likeness (QED) is 0.0747. The second-order valence-corrected chi connectivity index (χ2v) is 8.73. The highest BCUT2D eigenvalue weighted by molar-refractivity contribution is 7.80. The molecule has 0 rings (SSSR count). The lowest BCUT2D eigenvalue weighted by molar-refractivity contribution is -0.141. The van der Waals surface area contributed by atoms with Crippen LogP contribution < -0.4 is 21.3 Å². The topological polar surface area (TPSA) is 249 Å². The number of hydrogen-bond donors (Lipinski definition) is 9. The highest BCUT2D eigenvalue weighted by Gasteiger charge is 2.33. The molecule has 8 N–H and O–H groups in total. The Balaban J connectivity index is 5.72. The van der Waals surface area contributed by atoms with Crippen molar-refractivity contribution in [1.82, 2.24) is 21.3 Å². The van der Waals surface area contributed by atoms with Gasteiger partial charge in [-0.15, -0.1) is 12.6 Å². The Morgan fingerprint density at radius 1 is 0.722 bits per heavy atom. The Morgan fingerprint density at radius 2 is 1.25 bits per heavy atom. The molecule has 15 nitrogen and oxygen atoms in total. The van der Waals surface area contributed by atoms with Crippen LogP contribution in [0.2, 0.25) is 0 Å². The second-order valence-electron chi connectivity index (χ2n) is 8.20. The third-order valence-electron chi connectivity index (χ3n) is 4.68. The molecule has 0 aliphatic heterocycles. The highest BCUT2D eigenvalue weighted by atomic mass is 32.1. The first-order valence-corrected chi connectivity index (χ1v) is 11.3. The van der Waals surface area contributed by atoms with Crippen molar-refractivity contribution in [3.8, 4) is 0 Å². The summed E-state index contributed by atoms with van der Waals surface area (Å²) in [6.45, 7) is 4.12. The van der Waals surface area contributed by atoms with E-state index in [9.17, 15) is 38.7 Å². The van der Waals surface area contributed by atoms with Crippen molar-refractivity contribution in [3.05, 3.63) is 0 Å². The van der Waals surface area contributed by atoms with Crippen LogP contribution in [0.5, 0.6) is 0 Å². The molecule has 0 heterocycles. The number of carboxylic acids is 3. The number of nitrogens with one attached hydrogen (secondary N) is 4. The number of hydrogen-bond acceptors (Lipinski definition) is 9. The Bertz CT molecular complexity index is 834. The van der Waals surface area contributed by atoms with E-state index in [1.54, 1.807) is 13.8 Å². The molecule has 0 fully saturated rings. The van der Waals surface area contributed by atoms with Crippen LogP contribution in [0.4, 0.5) is 0 Å². The van der Waals surface area contributed by atoms with Gasteiger partial charge in [-0.25, -0.2) is 0 Å². The summed E-state index contributed by atoms with van der Waals surface area (Å²) in [5.41, 5.74) is -1.53. The van der Waals surface area contributed by atoms with Crippen molar-refractivity contribution in [2.24, 2.45) is 5.92 Å². The van der Waals surface area contributed by atoms with Gasteiger partial charge < -0.3 is 41.7 Å². The van der Waals surface area contributed by atoms with E-state index in [0.29, 0.717) is 0 Å². The molecule has 0 aromatic rings. The summed E-state index contributed by atoms with van der Waals surface area (Å²) in [4.78, 5) is 82.6. The third kappa shape index (κ3) is 12.9. The maximum Gasteiger partial charge on any atom is 0.305 e. The molecule has 0 aliphatic carbocycles. The highest BCUT2D eigenvalue weighted by Crippen LogP contribution is 2.09. The monoisotopic (exact) mass is 536 g/mol. The Morgan fingerprint density at radius 3 is 1.67 bits per heavy atom. The lowest BCUT2D eigenvalue weighted by Crippen LogP contribution is -2.59. The minimum Gasteiger partial charge on any atom is -0.481 e. The first-order valence-electron chi connectivity index (χ1n) is 10.7. The number of carbonyl (C=O) groups excluding carboxylic acids is 4. The molecule has 16 heteroatoms. The van der Waals surface area contributed by atoms with Crippen LogP contribution in [0, 0.1) is 5.92 Å². The minimum absolute atomic E-state index is 0.434. The van der Waals surface area contributed by atoms with Gasteiger partial charge >= 0.3 is 17.9 Å². The van der Waals surface area contributed by atoms with Crippen LogP contribution in [-0.2, 0) is 33.6 Å². The summed E-state index contributed by atoms with van der Waals surface area (Å²) in [7, 11) is 0. The molecule has 4 amide bonds. The Labute approximate surface area is 211 Å². The van der Waals surface area contributed by atoms with Crippen LogP contribution in [-0.4, -0.2) is 91.6 Å². The number of carbonyl (C=O) groups is 7. The summed E-state index contributed by atoms with van der Waals surface area (Å²) >= 11 is 3.73. The summed E-state index contributed by atoms with van der Waals surface area (Å²) in [6.07, 6.45) is -2.49. The molecule has 0 spiro atoms. The Hall–Kier alpha value is -3.40. The van der Waals surface area contributed by atoms with Crippen LogP contribution in [0.15, 0.2) is 0 Å². The molecule has 0 unspecified atom stereocenters. The zero-order chi connectivity index (χ0) is 28.2. The zero-order valence-corrected chi connectivity index (χ0v) is 20.8. The number of aliphatic carboxylic acids is 3. The van der Waals surface area contributed by atoms with Crippen molar-refractivity contribution in [2.45, 2.75) is 76.1 Å². The van der Waals surface area contributed by atoms with Gasteiger partial charge in [-0.3, -0.25) is 33.6 Å². The SMILES string of the molecule is CC(=O)N[C@@H](CC(=O)O)C(=O)N[C@@H](CCC(=O)O)C(=O)N[C@H](C(=O)N[C@@H](CC(=O)O)[C@@H](O)S)C(C)C. The maximum absolute atomic E-state index is 12.9. The van der Waals surface area contributed by atoms with Gasteiger partial charge in [0.15, 0.2) is 0 Å². The molecule has 204 valence electrons. The van der Waals surface area contributed by atoms with Crippen LogP contribution >= 0.6 is 12.6 Å². The van der Waals surface area contributed by atoms with Gasteiger partial charge in [-0.05, 0) is 12.3 Å². The first-order chi connectivity index (χ1) is 16.5. The molecule has 0 aromatic heterocycles. The van der Waals surface area contributed by atoms with Crippen LogP contribution in [0.3, 0.4) is 0 Å². The number of rotatable bonds is 16. The van der Waals surface area contributed by atoms with Gasteiger partial charge in [0.05, 0.1) is 18.9 Å². The molecular formula is C20H32N4O11S. The maximum atomic E-state index is 12.9. The average Bonchev–Trinajstić information content (AvgIpc) is 2.71. The van der Waals surface area contributed by atoms with Crippen LogP contribution in [0.25, 0.3) is 0 Å². The number of carboxylic acid groups (broad SMARTS) is 3. The fraction of sp³-hybridized carbons (Fsp3) is 0.650. The number of thiol groups is 1. The van der Waals surface area contributed by atoms with Gasteiger partial charge in [-0.2, -0.15) is 0 Å². The van der Waals surface area contributed by atoms with Crippen LogP contribution in [0.1, 0.15) is 46.5 Å². The van der Waals surface area contributed by atoms with Crippen molar-refractivity contribution in [3.63, 3.8) is 0 Å². The van der Waals surface area contributed by atoms with E-state index in [0.717, 1.165) is 6.92 Å². The van der Waals surface area contributed by atoms with Crippen molar-refractivity contribution in [1.29, 1.82) is 0 Å². The zero-order valence-electron chi connectivity index (χ0n) is 19.9. The molecule has 0 saturated heterocycles. The molecule has 36 heavy (non-hydrogen) atoms. The predicted octanol–water partition coefficient (Wildman–Crippen LogP) is -2.34. The van der Waals surface area contributed by atoms with E-state index in [2.05, 4.69) is 33.9 Å². The fourth-order valence-electron chi connectivity index (χ4n) is 2.92. The lowest BCUT2D eigenvalue weighted by atomic mass is 10.0. The van der Waals surface area contributed by atoms with Crippen molar-refractivity contribution in [2.75, 3.05) is 0 Å². The largest absolute Gasteiger partial charge is 0.481 e. The lowest BCUT2D eigenvalue weighted by Gasteiger charge is -2.28. The summed E-state index contributed by atoms with van der Waals surface area (Å²) in [5.74, 6) is -8.28. The minimum atomic E-state index is -1.56. The smallest absolute Gasteiger partial charge is 0.305 e. The average molecular weight is 537 g/mol. The van der Waals surface area contributed by atoms with Gasteiger partial charge in [0.2, 0.25) is 23.6 Å². The molecule has 5 atom stereocenters. The first kappa shape index (κ1) is 32.6. The molecular weight excluding hydrogens is 504 g/mol.